The molecule has 0 fully saturated rings. The molecule has 3 aromatic carbocycles. The Morgan fingerprint density at radius 3 is 2.39 bits per heavy atom. The van der Waals surface area contributed by atoms with Crippen molar-refractivity contribution in [3.05, 3.63) is 78.0 Å². The van der Waals surface area contributed by atoms with Crippen molar-refractivity contribution in [2.75, 3.05) is 5.43 Å². The lowest BCUT2D eigenvalue weighted by molar-refractivity contribution is 0.555. The quantitative estimate of drug-likeness (QED) is 0.348. The second kappa shape index (κ2) is 7.55. The number of benzene rings is 3. The van der Waals surface area contributed by atoms with Crippen molar-refractivity contribution < 1.29 is 8.76 Å². The van der Waals surface area contributed by atoms with Crippen LogP contribution in [-0.2, 0) is 11.3 Å². The summed E-state index contributed by atoms with van der Waals surface area (Å²) in [7, 11) is 0. The molecule has 0 aliphatic heterocycles. The molecule has 0 aliphatic carbocycles. The van der Waals surface area contributed by atoms with E-state index in [1.165, 1.54) is 16.3 Å². The SMILES string of the molecule is Cc1cc(-c2ccc(C)c3ccccc23)n(-c2ccc(NNS(=O)O)cc2)n1. The normalized spacial score (nSPS) is 12.2. The number of aromatic nitrogens is 2. The van der Waals surface area contributed by atoms with Crippen LogP contribution in [0.15, 0.2) is 66.7 Å². The van der Waals surface area contributed by atoms with Crippen LogP contribution in [0.2, 0.25) is 0 Å². The predicted molar refractivity (Wildman–Crippen MR) is 114 cm³/mol. The van der Waals surface area contributed by atoms with Crippen LogP contribution in [-0.4, -0.2) is 18.5 Å². The van der Waals surface area contributed by atoms with Gasteiger partial charge in [0.05, 0.1) is 17.1 Å². The van der Waals surface area contributed by atoms with Crippen molar-refractivity contribution >= 4 is 27.7 Å². The van der Waals surface area contributed by atoms with Gasteiger partial charge < -0.3 is 5.43 Å². The van der Waals surface area contributed by atoms with Crippen LogP contribution in [0, 0.1) is 13.8 Å². The highest BCUT2D eigenvalue weighted by molar-refractivity contribution is 7.77. The largest absolute Gasteiger partial charge is 0.308 e. The fraction of sp³-hybridized carbons (Fsp3) is 0.0952. The Balaban J connectivity index is 1.78. The van der Waals surface area contributed by atoms with Crippen LogP contribution >= 0.6 is 0 Å². The average molecular weight is 392 g/mol. The van der Waals surface area contributed by atoms with Gasteiger partial charge in [-0.25, -0.2) is 8.89 Å². The molecule has 142 valence electrons. The van der Waals surface area contributed by atoms with E-state index in [0.29, 0.717) is 5.69 Å². The van der Waals surface area contributed by atoms with Gasteiger partial charge in [0.25, 0.3) is 0 Å². The van der Waals surface area contributed by atoms with Gasteiger partial charge in [-0.1, -0.05) is 36.4 Å². The summed E-state index contributed by atoms with van der Waals surface area (Å²) in [6, 6.07) is 22.2. The number of anilines is 1. The summed E-state index contributed by atoms with van der Waals surface area (Å²) >= 11 is -2.13. The van der Waals surface area contributed by atoms with E-state index in [9.17, 15) is 4.21 Å². The molecule has 0 amide bonds. The molecule has 0 bridgehead atoms. The molecule has 0 spiro atoms. The zero-order chi connectivity index (χ0) is 19.7. The standard InChI is InChI=1S/C21H20N4O2S/c1-14-7-12-20(19-6-4-3-5-18(14)19)21-13-15(2)23-25(21)17-10-8-16(9-11-17)22-24-28(26)27/h3-13,22,24H,1-2H3,(H,26,27). The maximum Gasteiger partial charge on any atom is 0.250 e. The molecule has 0 aliphatic rings. The van der Waals surface area contributed by atoms with Crippen molar-refractivity contribution in [2.24, 2.45) is 0 Å². The topological polar surface area (TPSA) is 79.2 Å². The second-order valence-corrected chi connectivity index (χ2v) is 7.28. The highest BCUT2D eigenvalue weighted by Crippen LogP contribution is 2.32. The first-order chi connectivity index (χ1) is 13.5. The minimum atomic E-state index is -2.13. The molecule has 1 aromatic heterocycles. The summed E-state index contributed by atoms with van der Waals surface area (Å²) in [6.45, 7) is 4.10. The van der Waals surface area contributed by atoms with Crippen LogP contribution in [0.1, 0.15) is 11.3 Å². The smallest absolute Gasteiger partial charge is 0.250 e. The molecule has 1 unspecified atom stereocenters. The molecule has 7 heteroatoms. The molecule has 0 saturated carbocycles. The maximum atomic E-state index is 10.7. The van der Waals surface area contributed by atoms with E-state index in [4.69, 9.17) is 4.55 Å². The molecule has 1 atom stereocenters. The number of nitrogens with zero attached hydrogens (tertiary/aromatic N) is 2. The molecule has 0 radical (unpaired) electrons. The van der Waals surface area contributed by atoms with Crippen molar-refractivity contribution in [2.45, 2.75) is 13.8 Å². The van der Waals surface area contributed by atoms with Crippen LogP contribution in [0.25, 0.3) is 27.7 Å². The number of hydrazine groups is 1. The van der Waals surface area contributed by atoms with E-state index in [2.05, 4.69) is 64.7 Å². The Kier molecular flexibility index (Phi) is 4.95. The first kappa shape index (κ1) is 18.4. The lowest BCUT2D eigenvalue weighted by Crippen LogP contribution is -2.23. The van der Waals surface area contributed by atoms with E-state index in [1.807, 2.05) is 35.9 Å². The monoisotopic (exact) mass is 392 g/mol. The molecule has 1 heterocycles. The summed E-state index contributed by atoms with van der Waals surface area (Å²) in [5.41, 5.74) is 8.57. The van der Waals surface area contributed by atoms with E-state index < -0.39 is 11.3 Å². The highest BCUT2D eigenvalue weighted by Gasteiger charge is 2.13. The van der Waals surface area contributed by atoms with E-state index in [-0.39, 0.29) is 0 Å². The lowest BCUT2D eigenvalue weighted by Gasteiger charge is -2.12. The van der Waals surface area contributed by atoms with Crippen LogP contribution in [0.3, 0.4) is 0 Å². The van der Waals surface area contributed by atoms with Gasteiger partial charge in [0, 0.05) is 11.3 Å². The second-order valence-electron chi connectivity index (χ2n) is 6.58. The summed E-state index contributed by atoms with van der Waals surface area (Å²) in [5, 5.41) is 7.10. The van der Waals surface area contributed by atoms with Gasteiger partial charge >= 0.3 is 0 Å². The number of fused-ring (bicyclic) bond motifs is 1. The Labute approximate surface area is 165 Å². The molecule has 28 heavy (non-hydrogen) atoms. The number of hydrogen-bond donors (Lipinski definition) is 3. The Morgan fingerprint density at radius 2 is 1.68 bits per heavy atom. The molecule has 0 saturated heterocycles. The maximum absolute atomic E-state index is 10.7. The Hall–Kier alpha value is -3.00. The van der Waals surface area contributed by atoms with Gasteiger partial charge in [0.2, 0.25) is 11.3 Å². The Bertz CT molecular complexity index is 1170. The van der Waals surface area contributed by atoms with Gasteiger partial charge in [-0.15, -0.1) is 4.83 Å². The van der Waals surface area contributed by atoms with Gasteiger partial charge in [0.15, 0.2) is 0 Å². The third-order valence-electron chi connectivity index (χ3n) is 4.64. The fourth-order valence-electron chi connectivity index (χ4n) is 3.35. The molecule has 4 aromatic rings. The molecular formula is C21H20N4O2S. The highest BCUT2D eigenvalue weighted by atomic mass is 32.2. The molecular weight excluding hydrogens is 372 g/mol. The Morgan fingerprint density at radius 1 is 0.964 bits per heavy atom. The minimum Gasteiger partial charge on any atom is -0.308 e. The molecule has 3 N–H and O–H groups in total. The van der Waals surface area contributed by atoms with Crippen molar-refractivity contribution in [1.29, 1.82) is 0 Å². The summed E-state index contributed by atoms with van der Waals surface area (Å²) in [5.74, 6) is 0. The van der Waals surface area contributed by atoms with Gasteiger partial charge in [-0.3, -0.25) is 4.55 Å². The zero-order valence-electron chi connectivity index (χ0n) is 15.5. The molecule has 6 nitrogen and oxygen atoms in total. The van der Waals surface area contributed by atoms with Crippen LogP contribution < -0.4 is 10.3 Å². The van der Waals surface area contributed by atoms with E-state index in [0.717, 1.165) is 22.6 Å². The first-order valence-electron chi connectivity index (χ1n) is 8.81. The fourth-order valence-corrected chi connectivity index (χ4v) is 3.55. The van der Waals surface area contributed by atoms with E-state index >= 15 is 0 Å². The van der Waals surface area contributed by atoms with Crippen molar-refractivity contribution in [3.63, 3.8) is 0 Å². The predicted octanol–water partition coefficient (Wildman–Crippen LogP) is 4.36. The van der Waals surface area contributed by atoms with Gasteiger partial charge in [-0.05, 0) is 60.5 Å². The van der Waals surface area contributed by atoms with Crippen LogP contribution in [0.5, 0.6) is 0 Å². The summed E-state index contributed by atoms with van der Waals surface area (Å²) < 4.78 is 21.4. The lowest BCUT2D eigenvalue weighted by atomic mass is 9.98. The first-order valence-corrected chi connectivity index (χ1v) is 9.92. The third-order valence-corrected chi connectivity index (χ3v) is 4.92. The number of hydrogen-bond acceptors (Lipinski definition) is 3. The summed E-state index contributed by atoms with van der Waals surface area (Å²) in [4.78, 5) is 2.24. The van der Waals surface area contributed by atoms with Crippen molar-refractivity contribution in [1.82, 2.24) is 14.6 Å². The van der Waals surface area contributed by atoms with E-state index in [1.54, 1.807) is 0 Å². The van der Waals surface area contributed by atoms with Gasteiger partial charge in [-0.2, -0.15) is 5.10 Å². The number of aryl methyl sites for hydroxylation is 2. The molecule has 4 rings (SSSR count). The number of nitrogens with one attached hydrogen (secondary N) is 2. The van der Waals surface area contributed by atoms with Crippen molar-refractivity contribution in [3.8, 4) is 16.9 Å². The summed E-state index contributed by atoms with van der Waals surface area (Å²) in [6.07, 6.45) is 0. The third kappa shape index (κ3) is 3.55. The number of rotatable bonds is 5. The minimum absolute atomic E-state index is 0.678. The zero-order valence-corrected chi connectivity index (χ0v) is 16.3. The average Bonchev–Trinajstić information content (AvgIpc) is 3.09. The van der Waals surface area contributed by atoms with Gasteiger partial charge in [0.1, 0.15) is 0 Å². The van der Waals surface area contributed by atoms with Crippen LogP contribution in [0.4, 0.5) is 5.69 Å².